The van der Waals surface area contributed by atoms with Crippen molar-refractivity contribution in [2.24, 2.45) is 0 Å². The number of carbonyl (C=O) groups is 1. The fraction of sp³-hybridized carbons (Fsp3) is 0.167. The highest BCUT2D eigenvalue weighted by Crippen LogP contribution is 2.37. The summed E-state index contributed by atoms with van der Waals surface area (Å²) in [6, 6.07) is 12.8. The van der Waals surface area contributed by atoms with E-state index in [2.05, 4.69) is 11.9 Å². The minimum absolute atomic E-state index is 0.0706. The number of halogens is 1. The van der Waals surface area contributed by atoms with E-state index in [1.807, 2.05) is 18.2 Å². The average molecular weight is 330 g/mol. The van der Waals surface area contributed by atoms with Gasteiger partial charge in [-0.05, 0) is 42.8 Å². The van der Waals surface area contributed by atoms with Crippen molar-refractivity contribution < 1.29 is 14.3 Å². The van der Waals surface area contributed by atoms with Crippen molar-refractivity contribution in [2.75, 3.05) is 6.61 Å². The highest BCUT2D eigenvalue weighted by molar-refractivity contribution is 6.30. The summed E-state index contributed by atoms with van der Waals surface area (Å²) in [5.41, 5.74) is 0.997. The number of para-hydroxylation sites is 1. The molecule has 0 saturated carbocycles. The largest absolute Gasteiger partial charge is 0.487 e. The third-order valence-corrected chi connectivity index (χ3v) is 3.78. The first-order valence-electron chi connectivity index (χ1n) is 7.27. The molecule has 0 aliphatic carbocycles. The van der Waals surface area contributed by atoms with E-state index in [1.165, 1.54) is 6.08 Å². The third-order valence-electron chi connectivity index (χ3n) is 3.53. The summed E-state index contributed by atoms with van der Waals surface area (Å²) >= 11 is 5.88. The Bertz CT molecular complexity index is 728. The van der Waals surface area contributed by atoms with Gasteiger partial charge >= 0.3 is 0 Å². The molecule has 0 aromatic heterocycles. The normalized spacial score (nSPS) is 16.0. The zero-order valence-corrected chi connectivity index (χ0v) is 13.2. The van der Waals surface area contributed by atoms with Crippen molar-refractivity contribution >= 4 is 17.5 Å². The molecule has 3 rings (SSSR count). The van der Waals surface area contributed by atoms with E-state index < -0.39 is 0 Å². The molecule has 2 aromatic carbocycles. The molecular weight excluding hydrogens is 314 g/mol. The van der Waals surface area contributed by atoms with Crippen LogP contribution in [0, 0.1) is 0 Å². The highest BCUT2D eigenvalue weighted by atomic mass is 35.5. The minimum atomic E-state index is -0.199. The number of amides is 1. The summed E-state index contributed by atoms with van der Waals surface area (Å²) in [5, 5.41) is 3.50. The standard InChI is InChI=1S/C18H16ClNO3/c1-2-17(21)20-14-10-12-4-3-5-16(18(12)22-11-14)23-15-8-6-13(19)7-9-15/h2-9,14H,1,10-11H2,(H,20,21). The van der Waals surface area contributed by atoms with Crippen LogP contribution in [-0.2, 0) is 11.2 Å². The molecule has 1 unspecified atom stereocenters. The van der Waals surface area contributed by atoms with Gasteiger partial charge in [0.1, 0.15) is 12.4 Å². The Hall–Kier alpha value is -2.46. The molecule has 1 heterocycles. The van der Waals surface area contributed by atoms with Crippen LogP contribution in [0.3, 0.4) is 0 Å². The molecule has 5 heteroatoms. The molecule has 1 atom stereocenters. The van der Waals surface area contributed by atoms with Gasteiger partial charge in [-0.25, -0.2) is 0 Å². The van der Waals surface area contributed by atoms with Crippen molar-refractivity contribution in [3.05, 3.63) is 65.7 Å². The van der Waals surface area contributed by atoms with Crippen LogP contribution in [0.2, 0.25) is 5.02 Å². The SMILES string of the molecule is C=CC(=O)NC1COc2c(cccc2Oc2ccc(Cl)cc2)C1. The van der Waals surface area contributed by atoms with Crippen LogP contribution < -0.4 is 14.8 Å². The second-order valence-electron chi connectivity index (χ2n) is 5.23. The third kappa shape index (κ3) is 3.66. The zero-order chi connectivity index (χ0) is 16.2. The Morgan fingerprint density at radius 1 is 1.30 bits per heavy atom. The van der Waals surface area contributed by atoms with E-state index >= 15 is 0 Å². The maximum Gasteiger partial charge on any atom is 0.243 e. The van der Waals surface area contributed by atoms with E-state index in [-0.39, 0.29) is 11.9 Å². The van der Waals surface area contributed by atoms with E-state index in [0.717, 1.165) is 5.56 Å². The number of hydrogen-bond donors (Lipinski definition) is 1. The number of benzene rings is 2. The number of fused-ring (bicyclic) bond motifs is 1. The first-order valence-corrected chi connectivity index (χ1v) is 7.64. The minimum Gasteiger partial charge on any atom is -0.487 e. The number of nitrogens with one attached hydrogen (secondary N) is 1. The molecule has 0 radical (unpaired) electrons. The van der Waals surface area contributed by atoms with Crippen molar-refractivity contribution in [3.8, 4) is 17.2 Å². The van der Waals surface area contributed by atoms with Gasteiger partial charge in [0.2, 0.25) is 5.91 Å². The van der Waals surface area contributed by atoms with E-state index in [9.17, 15) is 4.79 Å². The zero-order valence-electron chi connectivity index (χ0n) is 12.4. The van der Waals surface area contributed by atoms with Gasteiger partial charge in [-0.2, -0.15) is 0 Å². The predicted molar refractivity (Wildman–Crippen MR) is 89.3 cm³/mol. The van der Waals surface area contributed by atoms with Crippen molar-refractivity contribution in [1.82, 2.24) is 5.32 Å². The van der Waals surface area contributed by atoms with Crippen LogP contribution in [0.5, 0.6) is 17.2 Å². The van der Waals surface area contributed by atoms with Crippen LogP contribution >= 0.6 is 11.6 Å². The van der Waals surface area contributed by atoms with Gasteiger partial charge in [0.15, 0.2) is 11.5 Å². The molecule has 0 spiro atoms. The summed E-state index contributed by atoms with van der Waals surface area (Å²) in [5.74, 6) is 1.86. The van der Waals surface area contributed by atoms with Crippen LogP contribution in [0.25, 0.3) is 0 Å². The maximum atomic E-state index is 11.4. The van der Waals surface area contributed by atoms with Gasteiger partial charge in [0.05, 0.1) is 6.04 Å². The Balaban J connectivity index is 1.78. The smallest absolute Gasteiger partial charge is 0.243 e. The summed E-state index contributed by atoms with van der Waals surface area (Å²) in [7, 11) is 0. The van der Waals surface area contributed by atoms with Gasteiger partial charge < -0.3 is 14.8 Å². The lowest BCUT2D eigenvalue weighted by molar-refractivity contribution is -0.117. The maximum absolute atomic E-state index is 11.4. The van der Waals surface area contributed by atoms with Crippen LogP contribution in [0.1, 0.15) is 5.56 Å². The molecule has 2 aromatic rings. The average Bonchev–Trinajstić information content (AvgIpc) is 2.57. The topological polar surface area (TPSA) is 47.6 Å². The number of hydrogen-bond acceptors (Lipinski definition) is 3. The predicted octanol–water partition coefficient (Wildman–Crippen LogP) is 3.74. The second-order valence-corrected chi connectivity index (χ2v) is 5.66. The molecule has 0 saturated heterocycles. The van der Waals surface area contributed by atoms with Gasteiger partial charge in [-0.15, -0.1) is 0 Å². The quantitative estimate of drug-likeness (QED) is 0.869. The highest BCUT2D eigenvalue weighted by Gasteiger charge is 2.23. The first-order chi connectivity index (χ1) is 11.2. The van der Waals surface area contributed by atoms with Crippen molar-refractivity contribution in [1.29, 1.82) is 0 Å². The lowest BCUT2D eigenvalue weighted by Crippen LogP contribution is -2.42. The van der Waals surface area contributed by atoms with Crippen LogP contribution in [0.4, 0.5) is 0 Å². The number of carbonyl (C=O) groups excluding carboxylic acids is 1. The Morgan fingerprint density at radius 3 is 2.83 bits per heavy atom. The molecule has 1 aliphatic heterocycles. The van der Waals surface area contributed by atoms with Crippen LogP contribution in [0.15, 0.2) is 55.1 Å². The molecule has 0 bridgehead atoms. The van der Waals surface area contributed by atoms with Gasteiger partial charge in [0, 0.05) is 10.6 Å². The van der Waals surface area contributed by atoms with Gasteiger partial charge in [-0.3, -0.25) is 4.79 Å². The molecule has 1 aliphatic rings. The van der Waals surface area contributed by atoms with Crippen molar-refractivity contribution in [2.45, 2.75) is 12.5 Å². The summed E-state index contributed by atoms with van der Waals surface area (Å²) < 4.78 is 11.7. The van der Waals surface area contributed by atoms with Crippen molar-refractivity contribution in [3.63, 3.8) is 0 Å². The summed E-state index contributed by atoms with van der Waals surface area (Å²) in [6.45, 7) is 3.85. The molecular formula is C18H16ClNO3. The van der Waals surface area contributed by atoms with E-state index in [0.29, 0.717) is 35.3 Å². The van der Waals surface area contributed by atoms with Gasteiger partial charge in [0.25, 0.3) is 0 Å². The molecule has 4 nitrogen and oxygen atoms in total. The molecule has 23 heavy (non-hydrogen) atoms. The first kappa shape index (κ1) is 15.4. The fourth-order valence-corrected chi connectivity index (χ4v) is 2.58. The second kappa shape index (κ2) is 6.75. The van der Waals surface area contributed by atoms with Crippen LogP contribution in [-0.4, -0.2) is 18.6 Å². The van der Waals surface area contributed by atoms with E-state index in [4.69, 9.17) is 21.1 Å². The fourth-order valence-electron chi connectivity index (χ4n) is 2.46. The molecule has 0 fully saturated rings. The Kier molecular flexibility index (Phi) is 4.53. The Labute approximate surface area is 139 Å². The lowest BCUT2D eigenvalue weighted by atomic mass is 10.0. The van der Waals surface area contributed by atoms with Gasteiger partial charge in [-0.1, -0.05) is 30.3 Å². The molecule has 1 amide bonds. The summed E-state index contributed by atoms with van der Waals surface area (Å²) in [6.07, 6.45) is 1.95. The van der Waals surface area contributed by atoms with E-state index in [1.54, 1.807) is 24.3 Å². The summed E-state index contributed by atoms with van der Waals surface area (Å²) in [4.78, 5) is 11.4. The number of rotatable bonds is 4. The Morgan fingerprint density at radius 2 is 2.09 bits per heavy atom. The lowest BCUT2D eigenvalue weighted by Gasteiger charge is -2.27. The molecule has 118 valence electrons. The molecule has 1 N–H and O–H groups in total. The monoisotopic (exact) mass is 329 g/mol. The number of ether oxygens (including phenoxy) is 2.